The summed E-state index contributed by atoms with van der Waals surface area (Å²) in [6.07, 6.45) is 3.53. The molecule has 1 saturated carbocycles. The minimum absolute atomic E-state index is 0.0788. The highest BCUT2D eigenvalue weighted by Crippen LogP contribution is 2.22. The summed E-state index contributed by atoms with van der Waals surface area (Å²) >= 11 is 1.78. The molecule has 0 aromatic carbocycles. The van der Waals surface area contributed by atoms with Gasteiger partial charge in [-0.1, -0.05) is 0 Å². The molecule has 1 saturated heterocycles. The standard InChI is InChI=1S/C9H17N3OS/c10-4-8-5-14-6-12(8)9(13)11-7-2-1-3-7/h7-8H,1-6,10H2,(H,11,13). The largest absolute Gasteiger partial charge is 0.335 e. The summed E-state index contributed by atoms with van der Waals surface area (Å²) in [7, 11) is 0. The maximum absolute atomic E-state index is 11.8. The number of carbonyl (C=O) groups is 1. The lowest BCUT2D eigenvalue weighted by Gasteiger charge is -2.30. The van der Waals surface area contributed by atoms with E-state index in [1.807, 2.05) is 4.90 Å². The number of hydrogen-bond acceptors (Lipinski definition) is 3. The molecule has 2 rings (SSSR count). The average molecular weight is 215 g/mol. The summed E-state index contributed by atoms with van der Waals surface area (Å²) in [5, 5.41) is 3.04. The third-order valence-corrected chi connectivity index (χ3v) is 4.03. The van der Waals surface area contributed by atoms with Crippen LogP contribution in [0, 0.1) is 0 Å². The van der Waals surface area contributed by atoms with Crippen LogP contribution in [0.4, 0.5) is 4.79 Å². The molecule has 80 valence electrons. The van der Waals surface area contributed by atoms with Gasteiger partial charge in [0.25, 0.3) is 0 Å². The molecule has 14 heavy (non-hydrogen) atoms. The quantitative estimate of drug-likeness (QED) is 0.708. The monoisotopic (exact) mass is 215 g/mol. The highest BCUT2D eigenvalue weighted by molar-refractivity contribution is 7.99. The lowest BCUT2D eigenvalue weighted by Crippen LogP contribution is -2.50. The summed E-state index contributed by atoms with van der Waals surface area (Å²) in [5.41, 5.74) is 5.60. The van der Waals surface area contributed by atoms with E-state index in [1.165, 1.54) is 6.42 Å². The molecule has 2 amide bonds. The number of hydrogen-bond donors (Lipinski definition) is 2. The molecule has 1 aliphatic carbocycles. The van der Waals surface area contributed by atoms with Crippen LogP contribution in [-0.4, -0.2) is 41.2 Å². The van der Waals surface area contributed by atoms with Gasteiger partial charge in [-0.25, -0.2) is 4.79 Å². The van der Waals surface area contributed by atoms with E-state index in [9.17, 15) is 4.79 Å². The zero-order valence-corrected chi connectivity index (χ0v) is 9.05. The highest BCUT2D eigenvalue weighted by Gasteiger charge is 2.30. The number of nitrogens with one attached hydrogen (secondary N) is 1. The molecular formula is C9H17N3OS. The highest BCUT2D eigenvalue weighted by atomic mass is 32.2. The molecule has 0 aromatic rings. The van der Waals surface area contributed by atoms with Gasteiger partial charge in [0.15, 0.2) is 0 Å². The van der Waals surface area contributed by atoms with Crippen molar-refractivity contribution < 1.29 is 4.79 Å². The van der Waals surface area contributed by atoms with E-state index in [1.54, 1.807) is 11.8 Å². The molecule has 2 aliphatic rings. The van der Waals surface area contributed by atoms with E-state index in [2.05, 4.69) is 5.32 Å². The number of nitrogens with zero attached hydrogens (tertiary/aromatic N) is 1. The maximum atomic E-state index is 11.8. The van der Waals surface area contributed by atoms with Crippen LogP contribution in [0.15, 0.2) is 0 Å². The fraction of sp³-hybridized carbons (Fsp3) is 0.889. The Labute approximate surface area is 88.6 Å². The summed E-state index contributed by atoms with van der Waals surface area (Å²) < 4.78 is 0. The van der Waals surface area contributed by atoms with E-state index in [0.29, 0.717) is 12.6 Å². The van der Waals surface area contributed by atoms with Gasteiger partial charge >= 0.3 is 6.03 Å². The van der Waals surface area contributed by atoms with Crippen LogP contribution >= 0.6 is 11.8 Å². The van der Waals surface area contributed by atoms with Crippen LogP contribution < -0.4 is 11.1 Å². The zero-order chi connectivity index (χ0) is 9.97. The number of nitrogens with two attached hydrogens (primary N) is 1. The van der Waals surface area contributed by atoms with E-state index in [4.69, 9.17) is 5.73 Å². The molecule has 1 heterocycles. The summed E-state index contributed by atoms with van der Waals surface area (Å²) in [4.78, 5) is 13.6. The van der Waals surface area contributed by atoms with Crippen LogP contribution in [0.2, 0.25) is 0 Å². The first kappa shape index (κ1) is 10.1. The summed E-state index contributed by atoms with van der Waals surface area (Å²) in [5.74, 6) is 1.77. The Hall–Kier alpha value is -0.420. The lowest BCUT2D eigenvalue weighted by atomic mass is 9.93. The first-order chi connectivity index (χ1) is 6.81. The van der Waals surface area contributed by atoms with Gasteiger partial charge in [-0.3, -0.25) is 0 Å². The molecule has 1 unspecified atom stereocenters. The van der Waals surface area contributed by atoms with Gasteiger partial charge in [0.1, 0.15) is 0 Å². The summed E-state index contributed by atoms with van der Waals surface area (Å²) in [6, 6.07) is 0.738. The molecule has 3 N–H and O–H groups in total. The number of thioether (sulfide) groups is 1. The normalized spacial score (nSPS) is 27.5. The van der Waals surface area contributed by atoms with Gasteiger partial charge in [-0.2, -0.15) is 0 Å². The van der Waals surface area contributed by atoms with Crippen LogP contribution in [0.3, 0.4) is 0 Å². The van der Waals surface area contributed by atoms with Crippen LogP contribution in [0.1, 0.15) is 19.3 Å². The molecule has 4 nitrogen and oxygen atoms in total. The second-order valence-corrected chi connectivity index (χ2v) is 4.94. The molecule has 1 aliphatic heterocycles. The van der Waals surface area contributed by atoms with Gasteiger partial charge in [0.05, 0.1) is 11.9 Å². The van der Waals surface area contributed by atoms with Gasteiger partial charge in [0.2, 0.25) is 0 Å². The number of urea groups is 1. The zero-order valence-electron chi connectivity index (χ0n) is 8.24. The van der Waals surface area contributed by atoms with E-state index in [0.717, 1.165) is 24.5 Å². The molecular weight excluding hydrogens is 198 g/mol. The molecule has 0 radical (unpaired) electrons. The molecule has 0 bridgehead atoms. The molecule has 1 atom stereocenters. The molecule has 0 spiro atoms. The van der Waals surface area contributed by atoms with Crippen molar-refractivity contribution >= 4 is 17.8 Å². The Bertz CT molecular complexity index is 220. The fourth-order valence-corrected chi connectivity index (χ4v) is 2.93. The Morgan fingerprint density at radius 1 is 1.57 bits per heavy atom. The predicted molar refractivity (Wildman–Crippen MR) is 58.2 cm³/mol. The second-order valence-electron chi connectivity index (χ2n) is 3.94. The van der Waals surface area contributed by atoms with Crippen molar-refractivity contribution in [2.75, 3.05) is 18.2 Å². The smallest absolute Gasteiger partial charge is 0.318 e. The fourth-order valence-electron chi connectivity index (χ4n) is 1.71. The van der Waals surface area contributed by atoms with Crippen LogP contribution in [-0.2, 0) is 0 Å². The van der Waals surface area contributed by atoms with Crippen molar-refractivity contribution in [2.45, 2.75) is 31.3 Å². The van der Waals surface area contributed by atoms with Gasteiger partial charge in [-0.15, -0.1) is 11.8 Å². The minimum Gasteiger partial charge on any atom is -0.335 e. The van der Waals surface area contributed by atoms with Crippen LogP contribution in [0.25, 0.3) is 0 Å². The first-order valence-corrected chi connectivity index (χ1v) is 6.31. The number of rotatable bonds is 2. The van der Waals surface area contributed by atoms with Gasteiger partial charge in [0, 0.05) is 18.3 Å². The average Bonchev–Trinajstić information content (AvgIpc) is 2.58. The van der Waals surface area contributed by atoms with Crippen LogP contribution in [0.5, 0.6) is 0 Å². The lowest BCUT2D eigenvalue weighted by molar-refractivity contribution is 0.185. The third-order valence-electron chi connectivity index (χ3n) is 2.95. The molecule has 0 aromatic heterocycles. The van der Waals surface area contributed by atoms with Crippen molar-refractivity contribution in [3.05, 3.63) is 0 Å². The van der Waals surface area contributed by atoms with Crippen molar-refractivity contribution in [1.82, 2.24) is 10.2 Å². The maximum Gasteiger partial charge on any atom is 0.318 e. The minimum atomic E-state index is 0.0788. The van der Waals surface area contributed by atoms with Crippen molar-refractivity contribution in [3.8, 4) is 0 Å². The van der Waals surface area contributed by atoms with Crippen molar-refractivity contribution in [3.63, 3.8) is 0 Å². The van der Waals surface area contributed by atoms with Gasteiger partial charge < -0.3 is 16.0 Å². The first-order valence-electron chi connectivity index (χ1n) is 5.16. The second kappa shape index (κ2) is 4.40. The molecule has 2 fully saturated rings. The van der Waals surface area contributed by atoms with Crippen molar-refractivity contribution in [2.24, 2.45) is 5.73 Å². The Kier molecular flexibility index (Phi) is 3.18. The van der Waals surface area contributed by atoms with E-state index < -0.39 is 0 Å². The SMILES string of the molecule is NCC1CSCN1C(=O)NC1CCC1. The Morgan fingerprint density at radius 2 is 2.36 bits per heavy atom. The van der Waals surface area contributed by atoms with Gasteiger partial charge in [-0.05, 0) is 19.3 Å². The third kappa shape index (κ3) is 1.98. The van der Waals surface area contributed by atoms with E-state index >= 15 is 0 Å². The predicted octanol–water partition coefficient (Wildman–Crippen LogP) is 0.582. The number of carbonyl (C=O) groups excluding carboxylic acids is 1. The van der Waals surface area contributed by atoms with E-state index in [-0.39, 0.29) is 12.1 Å². The Balaban J connectivity index is 1.83. The van der Waals surface area contributed by atoms with Crippen molar-refractivity contribution in [1.29, 1.82) is 0 Å². The Morgan fingerprint density at radius 3 is 2.93 bits per heavy atom. The summed E-state index contributed by atoms with van der Waals surface area (Å²) in [6.45, 7) is 0.574. The number of amides is 2. The topological polar surface area (TPSA) is 58.4 Å². The molecule has 5 heteroatoms.